The number of nitrogens with one attached hydrogen (secondary N) is 1. The molecule has 0 fully saturated rings. The van der Waals surface area contributed by atoms with Gasteiger partial charge in [0.2, 0.25) is 0 Å². The second-order valence-electron chi connectivity index (χ2n) is 4.05. The standard InChI is InChI=1S/C15H12IN3O2/c16-11-3-4-13(20)12(9-11)15(21)19-14-8-10(2-1-6-17)5-7-18-14/h3-5,7-9,20H,6,17H2,(H,18,19,21). The summed E-state index contributed by atoms with van der Waals surface area (Å²) in [4.78, 5) is 16.2. The highest BCUT2D eigenvalue weighted by atomic mass is 127. The van der Waals surface area contributed by atoms with Crippen molar-refractivity contribution in [1.29, 1.82) is 0 Å². The number of phenols is 1. The molecule has 0 radical (unpaired) electrons. The summed E-state index contributed by atoms with van der Waals surface area (Å²) in [7, 11) is 0. The van der Waals surface area contributed by atoms with Crippen molar-refractivity contribution in [3.63, 3.8) is 0 Å². The summed E-state index contributed by atoms with van der Waals surface area (Å²) >= 11 is 2.07. The SMILES string of the molecule is NCC#Cc1ccnc(NC(=O)c2cc(I)ccc2O)c1. The number of aromatic hydroxyl groups is 1. The van der Waals surface area contributed by atoms with Gasteiger partial charge in [-0.1, -0.05) is 11.8 Å². The quantitative estimate of drug-likeness (QED) is 0.538. The lowest BCUT2D eigenvalue weighted by atomic mass is 10.2. The molecule has 0 atom stereocenters. The van der Waals surface area contributed by atoms with Crippen molar-refractivity contribution >= 4 is 34.3 Å². The molecule has 0 spiro atoms. The highest BCUT2D eigenvalue weighted by molar-refractivity contribution is 14.1. The molecule has 1 aromatic heterocycles. The minimum atomic E-state index is -0.428. The van der Waals surface area contributed by atoms with Gasteiger partial charge in [-0.05, 0) is 52.9 Å². The van der Waals surface area contributed by atoms with Crippen LogP contribution in [0.25, 0.3) is 0 Å². The molecule has 2 aromatic rings. The monoisotopic (exact) mass is 393 g/mol. The van der Waals surface area contributed by atoms with E-state index in [4.69, 9.17) is 5.73 Å². The van der Waals surface area contributed by atoms with E-state index in [1.165, 1.54) is 6.07 Å². The van der Waals surface area contributed by atoms with Gasteiger partial charge in [-0.25, -0.2) is 4.98 Å². The first-order valence-electron chi connectivity index (χ1n) is 6.05. The van der Waals surface area contributed by atoms with Crippen LogP contribution in [0.15, 0.2) is 36.5 Å². The molecule has 0 unspecified atom stereocenters. The molecule has 5 nitrogen and oxygen atoms in total. The topological polar surface area (TPSA) is 88.2 Å². The molecule has 106 valence electrons. The van der Waals surface area contributed by atoms with Crippen LogP contribution in [0, 0.1) is 15.4 Å². The normalized spacial score (nSPS) is 9.62. The van der Waals surface area contributed by atoms with E-state index >= 15 is 0 Å². The number of hydrogen-bond acceptors (Lipinski definition) is 4. The molecule has 21 heavy (non-hydrogen) atoms. The van der Waals surface area contributed by atoms with E-state index in [0.717, 1.165) is 3.57 Å². The fourth-order valence-corrected chi connectivity index (χ4v) is 2.09. The molecule has 2 rings (SSSR count). The van der Waals surface area contributed by atoms with Gasteiger partial charge in [-0.15, -0.1) is 0 Å². The van der Waals surface area contributed by atoms with Crippen molar-refractivity contribution in [3.05, 3.63) is 51.2 Å². The maximum absolute atomic E-state index is 12.1. The lowest BCUT2D eigenvalue weighted by Gasteiger charge is -2.07. The number of halogens is 1. The molecule has 0 bridgehead atoms. The van der Waals surface area contributed by atoms with E-state index < -0.39 is 5.91 Å². The van der Waals surface area contributed by atoms with Crippen LogP contribution in [0.3, 0.4) is 0 Å². The van der Waals surface area contributed by atoms with Gasteiger partial charge in [0.15, 0.2) is 0 Å². The van der Waals surface area contributed by atoms with E-state index in [-0.39, 0.29) is 17.9 Å². The van der Waals surface area contributed by atoms with Crippen molar-refractivity contribution in [3.8, 4) is 17.6 Å². The average molecular weight is 393 g/mol. The zero-order chi connectivity index (χ0) is 15.2. The second-order valence-corrected chi connectivity index (χ2v) is 5.30. The molecule has 0 aliphatic carbocycles. The van der Waals surface area contributed by atoms with Crippen LogP contribution in [0.2, 0.25) is 0 Å². The number of carbonyl (C=O) groups excluding carboxylic acids is 1. The molecule has 4 N–H and O–H groups in total. The Labute approximate surface area is 135 Å². The third kappa shape index (κ3) is 4.18. The number of amides is 1. The van der Waals surface area contributed by atoms with Crippen LogP contribution in [0.4, 0.5) is 5.82 Å². The molecule has 6 heteroatoms. The molecule has 0 saturated carbocycles. The van der Waals surface area contributed by atoms with E-state index in [2.05, 4.69) is 44.7 Å². The van der Waals surface area contributed by atoms with Gasteiger partial charge in [-0.3, -0.25) is 4.79 Å². The minimum Gasteiger partial charge on any atom is -0.507 e. The first kappa shape index (κ1) is 15.3. The molecule has 0 aliphatic heterocycles. The highest BCUT2D eigenvalue weighted by Gasteiger charge is 2.12. The smallest absolute Gasteiger partial charge is 0.260 e. The largest absolute Gasteiger partial charge is 0.507 e. The Bertz CT molecular complexity index is 735. The summed E-state index contributed by atoms with van der Waals surface area (Å²) in [5.74, 6) is 5.45. The maximum Gasteiger partial charge on any atom is 0.260 e. The van der Waals surface area contributed by atoms with Crippen LogP contribution < -0.4 is 11.1 Å². The van der Waals surface area contributed by atoms with Gasteiger partial charge < -0.3 is 16.2 Å². The van der Waals surface area contributed by atoms with Crippen molar-refractivity contribution in [2.75, 3.05) is 11.9 Å². The maximum atomic E-state index is 12.1. The average Bonchev–Trinajstić information content (AvgIpc) is 2.48. The van der Waals surface area contributed by atoms with Gasteiger partial charge in [0.05, 0.1) is 12.1 Å². The summed E-state index contributed by atoms with van der Waals surface area (Å²) in [6, 6.07) is 8.16. The summed E-state index contributed by atoms with van der Waals surface area (Å²) in [6.07, 6.45) is 1.55. The van der Waals surface area contributed by atoms with E-state index in [9.17, 15) is 9.90 Å². The number of hydrogen-bond donors (Lipinski definition) is 3. The number of nitrogens with zero attached hydrogens (tertiary/aromatic N) is 1. The summed E-state index contributed by atoms with van der Waals surface area (Å²) in [6.45, 7) is 0.264. The predicted octanol–water partition coefficient (Wildman–Crippen LogP) is 1.95. The van der Waals surface area contributed by atoms with Crippen molar-refractivity contribution in [2.24, 2.45) is 5.73 Å². The number of nitrogens with two attached hydrogens (primary N) is 1. The van der Waals surface area contributed by atoms with E-state index in [1.807, 2.05) is 0 Å². The van der Waals surface area contributed by atoms with Crippen LogP contribution >= 0.6 is 22.6 Å². The summed E-state index contributed by atoms with van der Waals surface area (Å²) in [5, 5.41) is 12.4. The van der Waals surface area contributed by atoms with Gasteiger partial charge in [0.1, 0.15) is 11.6 Å². The van der Waals surface area contributed by atoms with Gasteiger partial charge in [0.25, 0.3) is 5.91 Å². The third-order valence-electron chi connectivity index (χ3n) is 2.54. The number of carbonyl (C=O) groups is 1. The van der Waals surface area contributed by atoms with Crippen molar-refractivity contribution in [1.82, 2.24) is 4.98 Å². The number of rotatable bonds is 2. The van der Waals surface area contributed by atoms with Gasteiger partial charge in [-0.2, -0.15) is 0 Å². The number of aromatic nitrogens is 1. The molecule has 1 aromatic carbocycles. The molecule has 1 amide bonds. The first-order valence-corrected chi connectivity index (χ1v) is 7.13. The zero-order valence-corrected chi connectivity index (χ0v) is 13.1. The molecular formula is C15H12IN3O2. The number of phenolic OH excluding ortho intramolecular Hbond substituents is 1. The molecular weight excluding hydrogens is 381 g/mol. The lowest BCUT2D eigenvalue weighted by molar-refractivity contribution is 0.102. The van der Waals surface area contributed by atoms with Crippen LogP contribution in [-0.2, 0) is 0 Å². The number of benzene rings is 1. The van der Waals surface area contributed by atoms with Crippen LogP contribution in [0.5, 0.6) is 5.75 Å². The Hall–Kier alpha value is -2.11. The summed E-state index contributed by atoms with van der Waals surface area (Å²) < 4.78 is 0.853. The fourth-order valence-electron chi connectivity index (χ4n) is 1.60. The minimum absolute atomic E-state index is 0.0769. The Morgan fingerprint density at radius 1 is 1.38 bits per heavy atom. The Balaban J connectivity index is 2.21. The van der Waals surface area contributed by atoms with Gasteiger partial charge in [0, 0.05) is 15.3 Å². The van der Waals surface area contributed by atoms with E-state index in [0.29, 0.717) is 11.4 Å². The lowest BCUT2D eigenvalue weighted by Crippen LogP contribution is -2.13. The summed E-state index contributed by atoms with van der Waals surface area (Å²) in [5.41, 5.74) is 6.22. The number of anilines is 1. The fraction of sp³-hybridized carbons (Fsp3) is 0.0667. The molecule has 0 saturated heterocycles. The Kier molecular flexibility index (Phi) is 5.14. The highest BCUT2D eigenvalue weighted by Crippen LogP contribution is 2.20. The second kappa shape index (κ2) is 7.06. The first-order chi connectivity index (χ1) is 10.1. The van der Waals surface area contributed by atoms with Gasteiger partial charge >= 0.3 is 0 Å². The van der Waals surface area contributed by atoms with E-state index in [1.54, 1.807) is 30.5 Å². The molecule has 0 aliphatic rings. The van der Waals surface area contributed by atoms with Crippen molar-refractivity contribution in [2.45, 2.75) is 0 Å². The van der Waals surface area contributed by atoms with Crippen LogP contribution in [-0.4, -0.2) is 22.5 Å². The Morgan fingerprint density at radius 3 is 2.95 bits per heavy atom. The van der Waals surface area contributed by atoms with Crippen molar-refractivity contribution < 1.29 is 9.90 Å². The zero-order valence-electron chi connectivity index (χ0n) is 10.9. The Morgan fingerprint density at radius 2 is 2.19 bits per heavy atom. The van der Waals surface area contributed by atoms with Crippen LogP contribution in [0.1, 0.15) is 15.9 Å². The number of pyridine rings is 1. The predicted molar refractivity (Wildman–Crippen MR) is 88.9 cm³/mol. The third-order valence-corrected chi connectivity index (χ3v) is 3.21. The molecule has 1 heterocycles.